The Morgan fingerprint density at radius 2 is 1.53 bits per heavy atom. The topological polar surface area (TPSA) is 197 Å². The Kier molecular flexibility index (Phi) is 26.2. The molecule has 32 heavy (non-hydrogen) atoms. The van der Waals surface area contributed by atoms with Gasteiger partial charge in [-0.25, -0.2) is 4.31 Å². The average molecular weight is 518 g/mol. The van der Waals surface area contributed by atoms with Crippen molar-refractivity contribution in [3.8, 4) is 0 Å². The maximum atomic E-state index is 11.6. The molecule has 0 aliphatic rings. The third kappa shape index (κ3) is 27.1. The fourth-order valence-corrected chi connectivity index (χ4v) is 3.78. The van der Waals surface area contributed by atoms with Gasteiger partial charge in [-0.15, -0.1) is 0 Å². The first-order valence-electron chi connectivity index (χ1n) is 9.58. The van der Waals surface area contributed by atoms with Crippen molar-refractivity contribution in [2.45, 2.75) is 51.4 Å². The molecule has 176 valence electrons. The second kappa shape index (κ2) is 22.4. The summed E-state index contributed by atoms with van der Waals surface area (Å²) < 4.78 is 28.9. The minimum atomic E-state index is -5.46. The van der Waals surface area contributed by atoms with Crippen LogP contribution in [0.15, 0.2) is 12.2 Å². The van der Waals surface area contributed by atoms with Crippen LogP contribution in [-0.2, 0) is 27.6 Å². The van der Waals surface area contributed by atoms with E-state index in [2.05, 4.69) is 19.5 Å². The number of rotatable bonds is 18. The summed E-state index contributed by atoms with van der Waals surface area (Å²) in [5.74, 6) is -0.510. The third-order valence-electron chi connectivity index (χ3n) is 3.58. The van der Waals surface area contributed by atoms with E-state index >= 15 is 0 Å². The molecule has 0 heterocycles. The number of carbonyl (C=O) groups is 2. The van der Waals surface area contributed by atoms with Crippen LogP contribution in [0.3, 0.4) is 0 Å². The summed E-state index contributed by atoms with van der Waals surface area (Å²) in [6.07, 6.45) is 9.78. The SMILES string of the molecule is O=C(C=CCCCCCCCCC(=O)NCCOP(=O)([O-])OP(=O)([O-])O)NCCO.[Na+].[Na+]. The zero-order valence-electron chi connectivity index (χ0n) is 18.7. The maximum absolute atomic E-state index is 11.6. The van der Waals surface area contributed by atoms with Gasteiger partial charge in [0.15, 0.2) is 0 Å². The Hall–Kier alpha value is 0.900. The monoisotopic (exact) mass is 518 g/mol. The molecule has 0 saturated heterocycles. The minimum absolute atomic E-state index is 0. The Bertz CT molecular complexity index is 634. The van der Waals surface area contributed by atoms with Crippen molar-refractivity contribution in [3.05, 3.63) is 12.2 Å². The Morgan fingerprint density at radius 1 is 0.938 bits per heavy atom. The quantitative estimate of drug-likeness (QED) is 0.0586. The smallest absolute Gasteiger partial charge is 0.756 e. The molecule has 0 saturated carbocycles. The van der Waals surface area contributed by atoms with E-state index in [9.17, 15) is 28.5 Å². The van der Waals surface area contributed by atoms with Crippen LogP contribution in [0.1, 0.15) is 51.4 Å². The molecule has 0 aliphatic heterocycles. The molecule has 2 amide bonds. The van der Waals surface area contributed by atoms with Gasteiger partial charge < -0.3 is 34.9 Å². The van der Waals surface area contributed by atoms with Crippen LogP contribution >= 0.6 is 15.6 Å². The molecule has 4 N–H and O–H groups in total. The first kappa shape index (κ1) is 37.4. The number of hydrogen-bond acceptors (Lipinski definition) is 9. The largest absolute Gasteiger partial charge is 1.00 e. The molecule has 0 bridgehead atoms. The molecule has 0 aromatic heterocycles. The number of amides is 2. The van der Waals surface area contributed by atoms with Crippen LogP contribution in [0.2, 0.25) is 0 Å². The minimum Gasteiger partial charge on any atom is -0.756 e. The molecule has 2 unspecified atom stereocenters. The number of unbranched alkanes of at least 4 members (excludes halogenated alkanes) is 6. The first-order chi connectivity index (χ1) is 14.1. The Balaban J connectivity index is -0.00000420. The molecule has 0 aliphatic carbocycles. The van der Waals surface area contributed by atoms with E-state index in [0.717, 1.165) is 38.5 Å². The van der Waals surface area contributed by atoms with E-state index in [1.807, 2.05) is 0 Å². The molecule has 0 spiro atoms. The summed E-state index contributed by atoms with van der Waals surface area (Å²) in [5.41, 5.74) is 0. The van der Waals surface area contributed by atoms with Crippen molar-refractivity contribution >= 4 is 27.5 Å². The van der Waals surface area contributed by atoms with Crippen molar-refractivity contribution in [1.29, 1.82) is 0 Å². The van der Waals surface area contributed by atoms with Crippen molar-refractivity contribution < 1.29 is 106 Å². The van der Waals surface area contributed by atoms with Gasteiger partial charge >= 0.3 is 59.1 Å². The van der Waals surface area contributed by atoms with Crippen molar-refractivity contribution in [3.63, 3.8) is 0 Å². The molecule has 16 heteroatoms. The molecule has 0 radical (unpaired) electrons. The zero-order valence-corrected chi connectivity index (χ0v) is 24.5. The summed E-state index contributed by atoms with van der Waals surface area (Å²) in [5, 5.41) is 13.5. The van der Waals surface area contributed by atoms with Gasteiger partial charge in [0.2, 0.25) is 11.8 Å². The number of phosphoric acid groups is 2. The van der Waals surface area contributed by atoms with Crippen LogP contribution in [-0.4, -0.2) is 48.1 Å². The van der Waals surface area contributed by atoms with Crippen LogP contribution in [0.25, 0.3) is 0 Å². The van der Waals surface area contributed by atoms with Gasteiger partial charge in [-0.05, 0) is 25.3 Å². The summed E-state index contributed by atoms with van der Waals surface area (Å²) >= 11 is 0. The summed E-state index contributed by atoms with van der Waals surface area (Å²) in [4.78, 5) is 52.4. The zero-order chi connectivity index (χ0) is 22.9. The van der Waals surface area contributed by atoms with E-state index in [1.54, 1.807) is 6.08 Å². The molecule has 0 rings (SSSR count). The summed E-state index contributed by atoms with van der Waals surface area (Å²) in [6, 6.07) is 0. The molecule has 12 nitrogen and oxygen atoms in total. The van der Waals surface area contributed by atoms with E-state index in [1.165, 1.54) is 6.08 Å². The second-order valence-corrected chi connectivity index (χ2v) is 9.00. The van der Waals surface area contributed by atoms with Gasteiger partial charge in [-0.1, -0.05) is 31.8 Å². The van der Waals surface area contributed by atoms with Gasteiger partial charge in [-0.3, -0.25) is 18.7 Å². The molecular formula is C16H30N2Na2O10P2. The predicted molar refractivity (Wildman–Crippen MR) is 104 cm³/mol. The number of allylic oxidation sites excluding steroid dienone is 1. The fraction of sp³-hybridized carbons (Fsp3) is 0.750. The summed E-state index contributed by atoms with van der Waals surface area (Å²) in [6.45, 7) is -0.530. The van der Waals surface area contributed by atoms with E-state index in [-0.39, 0.29) is 97.0 Å². The van der Waals surface area contributed by atoms with E-state index < -0.39 is 22.3 Å². The van der Waals surface area contributed by atoms with Crippen molar-refractivity contribution in [2.24, 2.45) is 0 Å². The Morgan fingerprint density at radius 3 is 2.12 bits per heavy atom. The first-order valence-corrected chi connectivity index (χ1v) is 12.5. The standard InChI is InChI=1S/C16H32N2O10P2.2Na/c19-13-11-17-15(20)9-7-5-3-1-2-4-6-8-10-16(21)18-12-14-27-30(25,26)28-29(22,23)24;;/h7,9,19H,1-6,8,10-14H2,(H,17,20)(H,18,21)(H,25,26)(H2,22,23,24);;/q;2*+1/p-2. The number of hydrogen-bond donors (Lipinski definition) is 4. The van der Waals surface area contributed by atoms with E-state index in [0.29, 0.717) is 6.42 Å². The van der Waals surface area contributed by atoms with E-state index in [4.69, 9.17) is 10.00 Å². The van der Waals surface area contributed by atoms with Gasteiger partial charge in [0.05, 0.1) is 13.2 Å². The average Bonchev–Trinajstić information content (AvgIpc) is 2.63. The number of aliphatic hydroxyl groups excluding tert-OH is 1. The van der Waals surface area contributed by atoms with Crippen LogP contribution in [0.4, 0.5) is 0 Å². The van der Waals surface area contributed by atoms with Crippen LogP contribution < -0.4 is 79.5 Å². The van der Waals surface area contributed by atoms with Crippen LogP contribution in [0.5, 0.6) is 0 Å². The van der Waals surface area contributed by atoms with Crippen LogP contribution in [0, 0.1) is 0 Å². The van der Waals surface area contributed by atoms with Gasteiger partial charge in [0.25, 0.3) is 15.6 Å². The number of phosphoric ester groups is 1. The molecule has 2 atom stereocenters. The summed E-state index contributed by atoms with van der Waals surface area (Å²) in [7, 11) is -10.6. The normalized spacial score (nSPS) is 14.5. The molecule has 0 aromatic rings. The van der Waals surface area contributed by atoms with Gasteiger partial charge in [0, 0.05) is 19.5 Å². The number of nitrogens with one attached hydrogen (secondary N) is 2. The van der Waals surface area contributed by atoms with Crippen molar-refractivity contribution in [1.82, 2.24) is 10.6 Å². The van der Waals surface area contributed by atoms with Crippen molar-refractivity contribution in [2.75, 3.05) is 26.3 Å². The number of carbonyl (C=O) groups excluding carboxylic acids is 2. The predicted octanol–water partition coefficient (Wildman–Crippen LogP) is -6.14. The molecular weight excluding hydrogens is 488 g/mol. The molecule has 0 fully saturated rings. The fourth-order valence-electron chi connectivity index (χ4n) is 2.27. The van der Waals surface area contributed by atoms with Gasteiger partial charge in [-0.2, -0.15) is 0 Å². The van der Waals surface area contributed by atoms with Gasteiger partial charge in [0.1, 0.15) is 0 Å². The second-order valence-electron chi connectivity index (χ2n) is 6.26. The third-order valence-corrected chi connectivity index (χ3v) is 5.71. The molecule has 0 aromatic carbocycles. The number of aliphatic hydroxyl groups is 1. The maximum Gasteiger partial charge on any atom is 1.00 e. The Labute approximate surface area is 232 Å².